The highest BCUT2D eigenvalue weighted by Crippen LogP contribution is 2.26. The molecule has 9 heteroatoms. The quantitative estimate of drug-likeness (QED) is 0.165. The number of benzene rings is 1. The molecule has 0 spiro atoms. The van der Waals surface area contributed by atoms with Gasteiger partial charge >= 0.3 is 5.97 Å². The molecule has 0 bridgehead atoms. The van der Waals surface area contributed by atoms with Crippen LogP contribution in [0.25, 0.3) is 11.1 Å². The molecule has 1 heterocycles. The molecular weight excluding hydrogens is 528 g/mol. The van der Waals surface area contributed by atoms with Crippen LogP contribution in [0.2, 0.25) is 0 Å². The van der Waals surface area contributed by atoms with E-state index in [-0.39, 0.29) is 24.3 Å². The number of pyridine rings is 1. The van der Waals surface area contributed by atoms with Gasteiger partial charge in [0.2, 0.25) is 0 Å². The summed E-state index contributed by atoms with van der Waals surface area (Å²) in [5.41, 5.74) is 3.09. The molecule has 0 amide bonds. The number of hydrogen-bond donors (Lipinski definition) is 2. The van der Waals surface area contributed by atoms with Crippen molar-refractivity contribution in [2.24, 2.45) is 0 Å². The molecule has 3 rings (SSSR count). The number of rotatable bonds is 11. The predicted molar refractivity (Wildman–Crippen MR) is 156 cm³/mol. The molecule has 0 radical (unpaired) electrons. The van der Waals surface area contributed by atoms with Gasteiger partial charge in [-0.1, -0.05) is 61.4 Å². The van der Waals surface area contributed by atoms with Gasteiger partial charge in [0.15, 0.2) is 11.6 Å². The van der Waals surface area contributed by atoms with Gasteiger partial charge in [0.05, 0.1) is 0 Å². The Balaban J connectivity index is 1.67. The Bertz CT molecular complexity index is 1320. The molecule has 40 heavy (non-hydrogen) atoms. The van der Waals surface area contributed by atoms with E-state index in [0.29, 0.717) is 18.6 Å². The molecule has 1 atom stereocenters. The third-order valence-corrected chi connectivity index (χ3v) is 7.65. The van der Waals surface area contributed by atoms with Crippen LogP contribution in [0.15, 0.2) is 83.8 Å². The second-order valence-electron chi connectivity index (χ2n) is 10.8. The number of sulfonamides is 1. The SMILES string of the molecule is C=C(/C=C\C=C1/CCCCCC1NS(=O)(=O)c1ccc(-c2cccc(CCO)c2)cn1)OCC(=O)OC(C)(C)C. The first-order valence-corrected chi connectivity index (χ1v) is 15.0. The summed E-state index contributed by atoms with van der Waals surface area (Å²) < 4.78 is 39.9. The summed E-state index contributed by atoms with van der Waals surface area (Å²) in [5.74, 6) is -0.171. The second-order valence-corrected chi connectivity index (χ2v) is 12.4. The average Bonchev–Trinajstić information content (AvgIpc) is 3.11. The highest BCUT2D eigenvalue weighted by molar-refractivity contribution is 7.89. The van der Waals surface area contributed by atoms with Crippen molar-refractivity contribution in [3.63, 3.8) is 0 Å². The predicted octanol–water partition coefficient (Wildman–Crippen LogP) is 5.25. The van der Waals surface area contributed by atoms with Gasteiger partial charge in [-0.05, 0) is 75.8 Å². The van der Waals surface area contributed by atoms with Crippen LogP contribution in [-0.4, -0.2) is 49.3 Å². The highest BCUT2D eigenvalue weighted by Gasteiger charge is 2.25. The van der Waals surface area contributed by atoms with Gasteiger partial charge in [-0.25, -0.2) is 22.9 Å². The van der Waals surface area contributed by atoms with Gasteiger partial charge in [0, 0.05) is 24.4 Å². The maximum absolute atomic E-state index is 13.3. The molecular formula is C31H40N2O6S. The van der Waals surface area contributed by atoms with Crippen LogP contribution in [0.1, 0.15) is 58.4 Å². The first kappa shape index (κ1) is 31.3. The maximum Gasteiger partial charge on any atom is 0.344 e. The van der Waals surface area contributed by atoms with Crippen LogP contribution in [0.5, 0.6) is 0 Å². The molecule has 0 aliphatic heterocycles. The smallest absolute Gasteiger partial charge is 0.344 e. The number of carbonyl (C=O) groups is 1. The number of carbonyl (C=O) groups excluding carboxylic acids is 1. The van der Waals surface area contributed by atoms with Crippen LogP contribution >= 0.6 is 0 Å². The fourth-order valence-corrected chi connectivity index (χ4v) is 5.59. The Morgan fingerprint density at radius 2 is 1.98 bits per heavy atom. The molecule has 1 aliphatic carbocycles. The largest absolute Gasteiger partial charge is 0.483 e. The van der Waals surface area contributed by atoms with Gasteiger partial charge in [-0.2, -0.15) is 0 Å². The van der Waals surface area contributed by atoms with Crippen molar-refractivity contribution >= 4 is 16.0 Å². The van der Waals surface area contributed by atoms with Crippen LogP contribution in [0.3, 0.4) is 0 Å². The number of nitrogens with one attached hydrogen (secondary N) is 1. The van der Waals surface area contributed by atoms with Crippen LogP contribution < -0.4 is 4.72 Å². The number of allylic oxidation sites excluding steroid dienone is 3. The van der Waals surface area contributed by atoms with Crippen molar-refractivity contribution in [3.05, 3.63) is 84.3 Å². The Labute approximate surface area is 237 Å². The minimum absolute atomic E-state index is 0.0363. The molecule has 1 aliphatic rings. The number of aromatic nitrogens is 1. The monoisotopic (exact) mass is 568 g/mol. The molecule has 2 N–H and O–H groups in total. The zero-order valence-corrected chi connectivity index (χ0v) is 24.4. The Morgan fingerprint density at radius 1 is 1.18 bits per heavy atom. The van der Waals surface area contributed by atoms with Gasteiger partial charge in [0.25, 0.3) is 10.0 Å². The Hall–Kier alpha value is -3.27. The molecule has 216 valence electrons. The van der Waals surface area contributed by atoms with Gasteiger partial charge in [0.1, 0.15) is 11.4 Å². The fraction of sp³-hybridized carbons (Fsp3) is 0.419. The lowest BCUT2D eigenvalue weighted by molar-refractivity contribution is -0.158. The number of ether oxygens (including phenoxy) is 2. The first-order chi connectivity index (χ1) is 19.0. The van der Waals surface area contributed by atoms with E-state index in [9.17, 15) is 18.3 Å². The van der Waals surface area contributed by atoms with E-state index in [2.05, 4.69) is 16.3 Å². The summed E-state index contributed by atoms with van der Waals surface area (Å²) >= 11 is 0. The van der Waals surface area contributed by atoms with Crippen LogP contribution in [0, 0.1) is 0 Å². The Morgan fingerprint density at radius 3 is 2.67 bits per heavy atom. The lowest BCUT2D eigenvalue weighted by atomic mass is 10.0. The molecule has 1 aromatic carbocycles. The van der Waals surface area contributed by atoms with Crippen molar-refractivity contribution in [1.29, 1.82) is 0 Å². The molecule has 0 saturated heterocycles. The molecule has 1 unspecified atom stereocenters. The first-order valence-electron chi connectivity index (χ1n) is 13.6. The molecule has 1 aromatic heterocycles. The minimum Gasteiger partial charge on any atom is -0.483 e. The summed E-state index contributed by atoms with van der Waals surface area (Å²) in [7, 11) is -3.85. The normalized spacial score (nSPS) is 17.5. The van der Waals surface area contributed by atoms with Crippen LogP contribution in [0.4, 0.5) is 0 Å². The highest BCUT2D eigenvalue weighted by atomic mass is 32.2. The zero-order chi connectivity index (χ0) is 29.2. The summed E-state index contributed by atoms with van der Waals surface area (Å²) in [4.78, 5) is 16.1. The fourth-order valence-electron chi connectivity index (χ4n) is 4.39. The Kier molecular flexibility index (Phi) is 11.2. The van der Waals surface area contributed by atoms with Gasteiger partial charge in [-0.3, -0.25) is 0 Å². The number of esters is 1. The molecule has 1 saturated carbocycles. The molecule has 2 aromatic rings. The van der Waals surface area contributed by atoms with Crippen LogP contribution in [-0.2, 0) is 30.7 Å². The summed E-state index contributed by atoms with van der Waals surface area (Å²) in [6, 6.07) is 10.6. The summed E-state index contributed by atoms with van der Waals surface area (Å²) in [6.45, 7) is 9.00. The van der Waals surface area contributed by atoms with E-state index in [1.807, 2.05) is 30.3 Å². The lowest BCUT2D eigenvalue weighted by Crippen LogP contribution is -2.36. The number of nitrogens with zero attached hydrogens (tertiary/aromatic N) is 1. The number of aliphatic hydroxyl groups is 1. The van der Waals surface area contributed by atoms with Crippen molar-refractivity contribution in [1.82, 2.24) is 9.71 Å². The topological polar surface area (TPSA) is 115 Å². The third-order valence-electron chi connectivity index (χ3n) is 6.26. The maximum atomic E-state index is 13.3. The van der Waals surface area contributed by atoms with E-state index in [0.717, 1.165) is 47.9 Å². The zero-order valence-electron chi connectivity index (χ0n) is 23.6. The van der Waals surface area contributed by atoms with E-state index < -0.39 is 21.6 Å². The summed E-state index contributed by atoms with van der Waals surface area (Å²) in [6.07, 6.45) is 11.8. The summed E-state index contributed by atoms with van der Waals surface area (Å²) in [5, 5.41) is 9.17. The van der Waals surface area contributed by atoms with Gasteiger partial charge < -0.3 is 14.6 Å². The van der Waals surface area contributed by atoms with Crippen molar-refractivity contribution in [2.75, 3.05) is 13.2 Å². The number of hydrogen-bond acceptors (Lipinski definition) is 7. The average molecular weight is 569 g/mol. The van der Waals surface area contributed by atoms with E-state index in [1.165, 1.54) is 6.07 Å². The number of aliphatic hydroxyl groups excluding tert-OH is 1. The van der Waals surface area contributed by atoms with Crippen molar-refractivity contribution < 1.29 is 27.8 Å². The standard InChI is InChI=1S/C31H40N2O6S/c1-23(38-22-30(35)39-31(2,3)4)10-8-13-25-12-6-5-7-15-28(25)33-40(36,37)29-17-16-27(21-32-29)26-14-9-11-24(20-26)18-19-34/h8-11,13-14,16-17,20-21,28,33-34H,1,5-7,12,15,18-19,22H2,2-4H3/b10-8-,25-13+. The minimum atomic E-state index is -3.85. The lowest BCUT2D eigenvalue weighted by Gasteiger charge is -2.19. The van der Waals surface area contributed by atoms with E-state index >= 15 is 0 Å². The van der Waals surface area contributed by atoms with E-state index in [1.54, 1.807) is 45.2 Å². The van der Waals surface area contributed by atoms with Gasteiger partial charge in [-0.15, -0.1) is 0 Å². The second kappa shape index (κ2) is 14.4. The van der Waals surface area contributed by atoms with Crippen molar-refractivity contribution in [2.45, 2.75) is 76.0 Å². The third kappa shape index (κ3) is 10.0. The molecule has 1 fully saturated rings. The van der Waals surface area contributed by atoms with Crippen molar-refractivity contribution in [3.8, 4) is 11.1 Å². The molecule has 8 nitrogen and oxygen atoms in total. The van der Waals surface area contributed by atoms with E-state index in [4.69, 9.17) is 9.47 Å².